The number of benzene rings is 2. The van der Waals surface area contributed by atoms with Crippen molar-refractivity contribution < 1.29 is 4.92 Å². The van der Waals surface area contributed by atoms with Crippen molar-refractivity contribution in [2.75, 3.05) is 28.7 Å². The minimum Gasteiger partial charge on any atom is -0.341 e. The van der Waals surface area contributed by atoms with Crippen molar-refractivity contribution in [3.8, 4) is 0 Å². The summed E-state index contributed by atoms with van der Waals surface area (Å²) >= 11 is 12.0. The lowest BCUT2D eigenvalue weighted by Gasteiger charge is -2.21. The zero-order valence-electron chi connectivity index (χ0n) is 18.1. The van der Waals surface area contributed by atoms with E-state index < -0.39 is 4.92 Å². The molecule has 12 heteroatoms. The molecule has 0 radical (unpaired) electrons. The molecule has 0 bridgehead atoms. The number of nitro benzene ring substituents is 1. The minimum absolute atomic E-state index is 0.00504. The summed E-state index contributed by atoms with van der Waals surface area (Å²) in [5.41, 5.74) is 4.22. The van der Waals surface area contributed by atoms with Gasteiger partial charge < -0.3 is 10.2 Å². The van der Waals surface area contributed by atoms with Crippen LogP contribution in [0, 0.1) is 10.1 Å². The molecule has 0 saturated carbocycles. The molecule has 1 fully saturated rings. The fourth-order valence-corrected chi connectivity index (χ4v) is 3.74. The Morgan fingerprint density at radius 1 is 0.941 bits per heavy atom. The Kier molecular flexibility index (Phi) is 7.71. The van der Waals surface area contributed by atoms with Gasteiger partial charge in [-0.15, -0.1) is 0 Å². The summed E-state index contributed by atoms with van der Waals surface area (Å²) in [4.78, 5) is 26.1. The molecule has 1 saturated heterocycles. The first-order valence-electron chi connectivity index (χ1n) is 10.7. The maximum Gasteiger partial charge on any atom is 0.269 e. The van der Waals surface area contributed by atoms with Crippen LogP contribution >= 0.6 is 23.2 Å². The summed E-state index contributed by atoms with van der Waals surface area (Å²) in [5.74, 6) is 1.10. The number of hydrogen-bond acceptors (Lipinski definition) is 9. The molecule has 4 rings (SSSR count). The second-order valence-corrected chi connectivity index (χ2v) is 8.47. The van der Waals surface area contributed by atoms with Gasteiger partial charge in [0.25, 0.3) is 5.69 Å². The van der Waals surface area contributed by atoms with Crippen LogP contribution in [-0.4, -0.2) is 39.2 Å². The third-order valence-electron chi connectivity index (χ3n) is 5.17. The third kappa shape index (κ3) is 6.30. The second-order valence-electron chi connectivity index (χ2n) is 7.66. The Morgan fingerprint density at radius 2 is 1.65 bits per heavy atom. The first kappa shape index (κ1) is 23.7. The topological polar surface area (TPSA) is 121 Å². The number of nitro groups is 1. The van der Waals surface area contributed by atoms with Crippen LogP contribution in [0.5, 0.6) is 0 Å². The summed E-state index contributed by atoms with van der Waals surface area (Å²) in [6.07, 6.45) is 6.06. The molecule has 0 atom stereocenters. The molecule has 0 aliphatic carbocycles. The van der Waals surface area contributed by atoms with Gasteiger partial charge in [-0.2, -0.15) is 20.1 Å². The Hall–Kier alpha value is -3.50. The molecule has 1 aliphatic heterocycles. The number of nitrogens with zero attached hydrogens (tertiary/aromatic N) is 6. The molecule has 2 heterocycles. The average molecular weight is 501 g/mol. The Morgan fingerprint density at radius 3 is 2.32 bits per heavy atom. The van der Waals surface area contributed by atoms with Crippen LogP contribution in [0.1, 0.15) is 31.2 Å². The lowest BCUT2D eigenvalue weighted by atomic mass is 10.2. The van der Waals surface area contributed by atoms with Gasteiger partial charge in [0.1, 0.15) is 0 Å². The number of rotatable bonds is 7. The number of nitrogens with one attached hydrogen (secondary N) is 2. The standard InChI is InChI=1S/C22H22Cl2N8O2/c23-18-10-5-15(13-19(18)24)14-25-30-21-27-20(26-16-6-8-17(9-7-16)32(33)34)28-22(29-21)31-11-3-1-2-4-12-31/h5-10,13-14H,1-4,11-12H2,(H2,26,27,28,29,30)/b25-14-. The zero-order valence-corrected chi connectivity index (χ0v) is 19.6. The lowest BCUT2D eigenvalue weighted by molar-refractivity contribution is -0.384. The molecule has 2 N–H and O–H groups in total. The highest BCUT2D eigenvalue weighted by Crippen LogP contribution is 2.23. The summed E-state index contributed by atoms with van der Waals surface area (Å²) in [5, 5.41) is 19.1. The van der Waals surface area contributed by atoms with Crippen molar-refractivity contribution in [2.45, 2.75) is 25.7 Å². The van der Waals surface area contributed by atoms with Gasteiger partial charge in [-0.3, -0.25) is 10.1 Å². The van der Waals surface area contributed by atoms with Crippen LogP contribution in [0.4, 0.5) is 29.2 Å². The lowest BCUT2D eigenvalue weighted by Crippen LogP contribution is -2.26. The molecule has 10 nitrogen and oxygen atoms in total. The Balaban J connectivity index is 1.57. The SMILES string of the molecule is O=[N+]([O-])c1ccc(Nc2nc(N/N=C\c3ccc(Cl)c(Cl)c3)nc(N3CCCCCC3)n2)cc1. The second kappa shape index (κ2) is 11.1. The van der Waals surface area contributed by atoms with E-state index in [0.717, 1.165) is 31.5 Å². The molecule has 1 aliphatic rings. The zero-order chi connectivity index (χ0) is 23.9. The molecule has 0 amide bonds. The molecular weight excluding hydrogens is 479 g/mol. The van der Waals surface area contributed by atoms with Gasteiger partial charge in [0.15, 0.2) is 0 Å². The number of aromatic nitrogens is 3. The molecule has 2 aromatic carbocycles. The number of non-ortho nitro benzene ring substituents is 1. The van der Waals surface area contributed by atoms with Crippen molar-refractivity contribution in [3.63, 3.8) is 0 Å². The number of halogens is 2. The van der Waals surface area contributed by atoms with Crippen LogP contribution < -0.4 is 15.6 Å². The van der Waals surface area contributed by atoms with E-state index in [2.05, 4.69) is 35.7 Å². The van der Waals surface area contributed by atoms with Gasteiger partial charge in [-0.1, -0.05) is 42.1 Å². The van der Waals surface area contributed by atoms with Crippen molar-refractivity contribution in [1.82, 2.24) is 15.0 Å². The molecular formula is C22H22Cl2N8O2. The smallest absolute Gasteiger partial charge is 0.269 e. The molecule has 176 valence electrons. The van der Waals surface area contributed by atoms with Crippen molar-refractivity contribution in [2.24, 2.45) is 5.10 Å². The minimum atomic E-state index is -0.446. The third-order valence-corrected chi connectivity index (χ3v) is 5.91. The van der Waals surface area contributed by atoms with Crippen LogP contribution in [0.2, 0.25) is 10.0 Å². The number of hydrazone groups is 1. The van der Waals surface area contributed by atoms with Crippen LogP contribution in [0.25, 0.3) is 0 Å². The summed E-state index contributed by atoms with van der Waals surface area (Å²) in [7, 11) is 0. The number of anilines is 4. The monoisotopic (exact) mass is 500 g/mol. The highest BCUT2D eigenvalue weighted by Gasteiger charge is 2.16. The van der Waals surface area contributed by atoms with E-state index in [1.807, 2.05) is 0 Å². The van der Waals surface area contributed by atoms with Gasteiger partial charge in [0.2, 0.25) is 17.8 Å². The van der Waals surface area contributed by atoms with Crippen LogP contribution in [-0.2, 0) is 0 Å². The maximum absolute atomic E-state index is 10.9. The van der Waals surface area contributed by atoms with Gasteiger partial charge in [-0.25, -0.2) is 5.43 Å². The first-order chi connectivity index (χ1) is 16.5. The quantitative estimate of drug-likeness (QED) is 0.242. The molecule has 1 aromatic heterocycles. The normalized spacial score (nSPS) is 14.1. The van der Waals surface area contributed by atoms with Gasteiger partial charge in [0.05, 0.1) is 21.2 Å². The predicted molar refractivity (Wildman–Crippen MR) is 135 cm³/mol. The average Bonchev–Trinajstić information content (AvgIpc) is 3.11. The van der Waals surface area contributed by atoms with E-state index in [0.29, 0.717) is 27.6 Å². The molecule has 34 heavy (non-hydrogen) atoms. The van der Waals surface area contributed by atoms with Gasteiger partial charge >= 0.3 is 0 Å². The van der Waals surface area contributed by atoms with Crippen LogP contribution in [0.15, 0.2) is 47.6 Å². The fourth-order valence-electron chi connectivity index (χ4n) is 3.44. The van der Waals surface area contributed by atoms with Crippen molar-refractivity contribution in [3.05, 3.63) is 68.2 Å². The highest BCUT2D eigenvalue weighted by atomic mass is 35.5. The van der Waals surface area contributed by atoms with Crippen molar-refractivity contribution >= 4 is 58.6 Å². The van der Waals surface area contributed by atoms with E-state index in [4.69, 9.17) is 23.2 Å². The highest BCUT2D eigenvalue weighted by molar-refractivity contribution is 6.42. The summed E-state index contributed by atoms with van der Waals surface area (Å²) in [6.45, 7) is 1.71. The molecule has 3 aromatic rings. The van der Waals surface area contributed by atoms with E-state index in [1.165, 1.54) is 25.0 Å². The van der Waals surface area contributed by atoms with Crippen molar-refractivity contribution in [1.29, 1.82) is 0 Å². The summed E-state index contributed by atoms with van der Waals surface area (Å²) in [6, 6.07) is 11.2. The largest absolute Gasteiger partial charge is 0.341 e. The molecule has 0 unspecified atom stereocenters. The fraction of sp³-hybridized carbons (Fsp3) is 0.273. The molecule has 0 spiro atoms. The number of hydrogen-bond donors (Lipinski definition) is 2. The van der Waals surface area contributed by atoms with E-state index >= 15 is 0 Å². The van der Waals surface area contributed by atoms with Crippen LogP contribution in [0.3, 0.4) is 0 Å². The Bertz CT molecular complexity index is 1180. The predicted octanol–water partition coefficient (Wildman–Crippen LogP) is 5.66. The first-order valence-corrected chi connectivity index (χ1v) is 11.5. The summed E-state index contributed by atoms with van der Waals surface area (Å²) < 4.78 is 0. The maximum atomic E-state index is 10.9. The Labute approximate surface area is 206 Å². The van der Waals surface area contributed by atoms with E-state index in [-0.39, 0.29) is 11.6 Å². The van der Waals surface area contributed by atoms with Gasteiger partial charge in [-0.05, 0) is 42.7 Å². The van der Waals surface area contributed by atoms with E-state index in [9.17, 15) is 10.1 Å². The van der Waals surface area contributed by atoms with Gasteiger partial charge in [0, 0.05) is 30.9 Å². The van der Waals surface area contributed by atoms with E-state index in [1.54, 1.807) is 36.5 Å².